The third-order valence-electron chi connectivity index (χ3n) is 3.97. The molecule has 2 rings (SSSR count). The number of primary sulfonamides is 1. The Morgan fingerprint density at radius 2 is 2.00 bits per heavy atom. The summed E-state index contributed by atoms with van der Waals surface area (Å²) in [4.78, 5) is 12.5. The molecule has 1 aromatic rings. The van der Waals surface area contributed by atoms with Gasteiger partial charge in [0.05, 0.1) is 4.90 Å². The van der Waals surface area contributed by atoms with Gasteiger partial charge < -0.3 is 15.4 Å². The number of benzene rings is 1. The van der Waals surface area contributed by atoms with Crippen molar-refractivity contribution in [1.82, 2.24) is 5.32 Å². The minimum absolute atomic E-state index is 0.00192. The Hall–Kier alpha value is -1.48. The molecule has 8 heteroatoms. The lowest BCUT2D eigenvalue weighted by Crippen LogP contribution is -2.51. The molecular formula is C14H21N3O4S. The van der Waals surface area contributed by atoms with Gasteiger partial charge >= 0.3 is 0 Å². The fraction of sp³-hybridized carbons (Fsp3) is 0.500. The first-order valence-corrected chi connectivity index (χ1v) is 8.54. The molecule has 1 amide bonds. The average Bonchev–Trinajstić information content (AvgIpc) is 2.48. The van der Waals surface area contributed by atoms with Crippen molar-refractivity contribution in [3.8, 4) is 0 Å². The molecule has 0 saturated carbocycles. The van der Waals surface area contributed by atoms with Crippen molar-refractivity contribution in [1.29, 1.82) is 0 Å². The maximum absolute atomic E-state index is 12.5. The van der Waals surface area contributed by atoms with E-state index in [1.165, 1.54) is 13.2 Å². The maximum atomic E-state index is 12.5. The van der Waals surface area contributed by atoms with Crippen LogP contribution < -0.4 is 15.8 Å². The number of aryl methyl sites for hydroxylation is 1. The molecule has 0 spiro atoms. The van der Waals surface area contributed by atoms with Crippen molar-refractivity contribution in [3.63, 3.8) is 0 Å². The number of ether oxygens (including phenoxy) is 1. The number of carbonyl (C=O) groups excluding carboxylic acids is 1. The van der Waals surface area contributed by atoms with E-state index in [9.17, 15) is 13.2 Å². The van der Waals surface area contributed by atoms with Gasteiger partial charge in [0.25, 0.3) is 5.91 Å². The zero-order chi connectivity index (χ0) is 16.4. The highest BCUT2D eigenvalue weighted by Crippen LogP contribution is 2.26. The van der Waals surface area contributed by atoms with Gasteiger partial charge in [-0.3, -0.25) is 4.79 Å². The van der Waals surface area contributed by atoms with E-state index in [0.29, 0.717) is 37.2 Å². The van der Waals surface area contributed by atoms with E-state index in [0.717, 1.165) is 0 Å². The molecule has 7 nitrogen and oxygen atoms in total. The number of methoxy groups -OCH3 is 1. The predicted molar refractivity (Wildman–Crippen MR) is 83.0 cm³/mol. The van der Waals surface area contributed by atoms with Crippen molar-refractivity contribution in [2.24, 2.45) is 5.14 Å². The monoisotopic (exact) mass is 327 g/mol. The topological polar surface area (TPSA) is 111 Å². The average molecular weight is 327 g/mol. The first kappa shape index (κ1) is 16.9. The van der Waals surface area contributed by atoms with Gasteiger partial charge in [-0.1, -0.05) is 6.07 Å². The molecule has 0 radical (unpaired) electrons. The van der Waals surface area contributed by atoms with Crippen LogP contribution in [0.25, 0.3) is 0 Å². The summed E-state index contributed by atoms with van der Waals surface area (Å²) in [5.74, 6) is -0.277. The number of anilines is 1. The number of hydrogen-bond acceptors (Lipinski definition) is 5. The van der Waals surface area contributed by atoms with Crippen LogP contribution in [0.15, 0.2) is 23.1 Å². The summed E-state index contributed by atoms with van der Waals surface area (Å²) < 4.78 is 28.5. The molecule has 1 aliphatic heterocycles. The van der Waals surface area contributed by atoms with Crippen LogP contribution in [0.1, 0.15) is 18.4 Å². The Bertz CT molecular complexity index is 667. The maximum Gasteiger partial charge on any atom is 0.256 e. The van der Waals surface area contributed by atoms with Crippen LogP contribution in [0.4, 0.5) is 5.69 Å². The normalized spacial score (nSPS) is 18.0. The summed E-state index contributed by atoms with van der Waals surface area (Å²) in [7, 11) is -2.32. The third kappa shape index (κ3) is 3.46. The number of amides is 1. The Morgan fingerprint density at radius 3 is 2.55 bits per heavy atom. The lowest BCUT2D eigenvalue weighted by molar-refractivity contribution is -0.140. The number of nitrogens with two attached hydrogens (primary N) is 1. The zero-order valence-corrected chi connectivity index (χ0v) is 13.5. The summed E-state index contributed by atoms with van der Waals surface area (Å²) in [6.07, 6.45) is 1.12. The van der Waals surface area contributed by atoms with Crippen LogP contribution in [0.3, 0.4) is 0 Å². The molecule has 1 saturated heterocycles. The van der Waals surface area contributed by atoms with E-state index in [2.05, 4.69) is 10.6 Å². The van der Waals surface area contributed by atoms with Crippen molar-refractivity contribution >= 4 is 21.6 Å². The van der Waals surface area contributed by atoms with E-state index in [1.54, 1.807) is 19.1 Å². The number of nitrogens with one attached hydrogen (secondary N) is 2. The van der Waals surface area contributed by atoms with Crippen LogP contribution in [-0.4, -0.2) is 40.1 Å². The largest absolute Gasteiger partial charge is 0.368 e. The van der Waals surface area contributed by atoms with Gasteiger partial charge in [0.2, 0.25) is 10.0 Å². The molecule has 1 fully saturated rings. The lowest BCUT2D eigenvalue weighted by atomic mass is 9.91. The van der Waals surface area contributed by atoms with E-state index >= 15 is 0 Å². The van der Waals surface area contributed by atoms with E-state index in [-0.39, 0.29) is 10.8 Å². The molecule has 1 aliphatic rings. The van der Waals surface area contributed by atoms with Crippen molar-refractivity contribution < 1.29 is 17.9 Å². The highest BCUT2D eigenvalue weighted by atomic mass is 32.2. The van der Waals surface area contributed by atoms with Gasteiger partial charge in [0.15, 0.2) is 0 Å². The van der Waals surface area contributed by atoms with Crippen LogP contribution in [0.5, 0.6) is 0 Å². The zero-order valence-electron chi connectivity index (χ0n) is 12.7. The quantitative estimate of drug-likeness (QED) is 0.739. The summed E-state index contributed by atoms with van der Waals surface area (Å²) in [6.45, 7) is 3.03. The Labute approximate surface area is 130 Å². The highest BCUT2D eigenvalue weighted by Gasteiger charge is 2.39. The van der Waals surface area contributed by atoms with Gasteiger partial charge in [0.1, 0.15) is 5.60 Å². The molecule has 122 valence electrons. The number of sulfonamides is 1. The van der Waals surface area contributed by atoms with Gasteiger partial charge in [-0.25, -0.2) is 13.6 Å². The van der Waals surface area contributed by atoms with Crippen LogP contribution in [0.2, 0.25) is 0 Å². The van der Waals surface area contributed by atoms with Crippen molar-refractivity contribution in [3.05, 3.63) is 23.8 Å². The summed E-state index contributed by atoms with van der Waals surface area (Å²) in [6, 6.07) is 4.62. The van der Waals surface area contributed by atoms with Crippen molar-refractivity contribution in [2.45, 2.75) is 30.3 Å². The van der Waals surface area contributed by atoms with Crippen LogP contribution >= 0.6 is 0 Å². The Morgan fingerprint density at radius 1 is 1.36 bits per heavy atom. The van der Waals surface area contributed by atoms with E-state index < -0.39 is 15.6 Å². The highest BCUT2D eigenvalue weighted by molar-refractivity contribution is 7.89. The smallest absolute Gasteiger partial charge is 0.256 e. The predicted octanol–water partition coefficient (Wildman–Crippen LogP) is 0.350. The molecule has 0 aromatic heterocycles. The SMILES string of the molecule is COC1(C(=O)Nc2ccc(C)c(S(N)(=O)=O)c2)CCNCC1. The molecule has 0 unspecified atom stereocenters. The molecule has 1 aromatic carbocycles. The summed E-state index contributed by atoms with van der Waals surface area (Å²) in [5.41, 5.74) is 0.0242. The first-order chi connectivity index (χ1) is 10.3. The van der Waals surface area contributed by atoms with E-state index in [4.69, 9.17) is 9.88 Å². The number of hydrogen-bond donors (Lipinski definition) is 3. The van der Waals surface area contributed by atoms with E-state index in [1.807, 2.05) is 0 Å². The summed E-state index contributed by atoms with van der Waals surface area (Å²) >= 11 is 0. The minimum Gasteiger partial charge on any atom is -0.368 e. The van der Waals surface area contributed by atoms with Gasteiger partial charge in [0, 0.05) is 12.8 Å². The fourth-order valence-corrected chi connectivity index (χ4v) is 3.39. The molecule has 0 atom stereocenters. The van der Waals surface area contributed by atoms with Gasteiger partial charge in [-0.2, -0.15) is 0 Å². The standard InChI is InChI=1S/C14H21N3O4S/c1-10-3-4-11(9-12(10)22(15,19)20)17-13(18)14(21-2)5-7-16-8-6-14/h3-4,9,16H,5-8H2,1-2H3,(H,17,18)(H2,15,19,20). The fourth-order valence-electron chi connectivity index (χ4n) is 2.58. The lowest BCUT2D eigenvalue weighted by Gasteiger charge is -2.34. The second kappa shape index (κ2) is 6.33. The summed E-state index contributed by atoms with van der Waals surface area (Å²) in [5, 5.41) is 11.1. The second-order valence-corrected chi connectivity index (χ2v) is 6.96. The molecule has 1 heterocycles. The molecule has 0 aliphatic carbocycles. The molecule has 22 heavy (non-hydrogen) atoms. The molecular weight excluding hydrogens is 306 g/mol. The Kier molecular flexibility index (Phi) is 4.86. The Balaban J connectivity index is 2.25. The number of carbonyl (C=O) groups is 1. The minimum atomic E-state index is -3.83. The molecule has 0 bridgehead atoms. The van der Waals surface area contributed by atoms with Crippen molar-refractivity contribution in [2.75, 3.05) is 25.5 Å². The number of rotatable bonds is 4. The van der Waals surface area contributed by atoms with Crippen LogP contribution in [-0.2, 0) is 19.6 Å². The first-order valence-electron chi connectivity index (χ1n) is 6.99. The molecule has 4 N–H and O–H groups in total. The third-order valence-corrected chi connectivity index (χ3v) is 5.02. The van der Waals surface area contributed by atoms with Gasteiger partial charge in [-0.05, 0) is 50.6 Å². The number of piperidine rings is 1. The second-order valence-electron chi connectivity index (χ2n) is 5.43. The van der Waals surface area contributed by atoms with Gasteiger partial charge in [-0.15, -0.1) is 0 Å². The van der Waals surface area contributed by atoms with Crippen LogP contribution in [0, 0.1) is 6.92 Å².